The molecule has 110 valence electrons. The van der Waals surface area contributed by atoms with Gasteiger partial charge < -0.3 is 5.73 Å². The Bertz CT molecular complexity index is 669. The van der Waals surface area contributed by atoms with E-state index in [9.17, 15) is 0 Å². The van der Waals surface area contributed by atoms with Gasteiger partial charge in [0.2, 0.25) is 0 Å². The number of thiophene rings is 1. The molecule has 2 heterocycles. The monoisotopic (exact) mass is 316 g/mol. The van der Waals surface area contributed by atoms with E-state index in [1.165, 1.54) is 16.0 Å². The van der Waals surface area contributed by atoms with Crippen molar-refractivity contribution in [3.05, 3.63) is 64.0 Å². The summed E-state index contributed by atoms with van der Waals surface area (Å²) < 4.78 is 0. The van der Waals surface area contributed by atoms with Gasteiger partial charge in [-0.2, -0.15) is 0 Å². The third-order valence-electron chi connectivity index (χ3n) is 3.21. The highest BCUT2D eigenvalue weighted by molar-refractivity contribution is 7.20. The summed E-state index contributed by atoms with van der Waals surface area (Å²) in [6.07, 6.45) is 0.827. The van der Waals surface area contributed by atoms with Crippen LogP contribution in [0.5, 0.6) is 0 Å². The Morgan fingerprint density at radius 3 is 2.57 bits per heavy atom. The van der Waals surface area contributed by atoms with Crippen LogP contribution in [-0.4, -0.2) is 4.98 Å². The van der Waals surface area contributed by atoms with Crippen LogP contribution in [0.3, 0.4) is 0 Å². The number of rotatable bonds is 4. The topological polar surface area (TPSA) is 38.9 Å². The maximum Gasteiger partial charge on any atom is 0.133 e. The lowest BCUT2D eigenvalue weighted by atomic mass is 10.0. The summed E-state index contributed by atoms with van der Waals surface area (Å²) in [4.78, 5) is 5.88. The predicted molar refractivity (Wildman–Crippen MR) is 94.0 cm³/mol. The first-order valence-electron chi connectivity index (χ1n) is 6.53. The summed E-state index contributed by atoms with van der Waals surface area (Å²) in [5.74, 6) is 0. The highest BCUT2D eigenvalue weighted by Crippen LogP contribution is 2.29. The second-order valence-electron chi connectivity index (χ2n) is 4.85. The van der Waals surface area contributed by atoms with Crippen LogP contribution in [0, 0.1) is 6.92 Å². The molecular weight excluding hydrogens is 296 g/mol. The molecule has 2 nitrogen and oxygen atoms in total. The van der Waals surface area contributed by atoms with Gasteiger partial charge in [0.05, 0.1) is 16.6 Å². The molecular formula is C17H20N2S2. The molecule has 0 spiro atoms. The lowest BCUT2D eigenvalue weighted by Gasteiger charge is -2.09. The molecule has 0 fully saturated rings. The molecule has 3 rings (SSSR count). The number of hydrogen-bond acceptors (Lipinski definition) is 4. The second kappa shape index (κ2) is 6.98. The van der Waals surface area contributed by atoms with Crippen molar-refractivity contribution in [1.29, 1.82) is 0 Å². The number of nitrogens with zero attached hydrogens (tertiary/aromatic N) is 1. The minimum absolute atomic E-state index is 0. The Kier molecular flexibility index (Phi) is 5.28. The van der Waals surface area contributed by atoms with Crippen LogP contribution in [0.2, 0.25) is 0 Å². The number of aromatic nitrogens is 1. The summed E-state index contributed by atoms with van der Waals surface area (Å²) in [5.41, 5.74) is 9.80. The van der Waals surface area contributed by atoms with Gasteiger partial charge in [0.1, 0.15) is 5.01 Å². The van der Waals surface area contributed by atoms with Crippen LogP contribution >= 0.6 is 22.7 Å². The van der Waals surface area contributed by atoms with E-state index in [0.29, 0.717) is 0 Å². The Morgan fingerprint density at radius 2 is 1.90 bits per heavy atom. The summed E-state index contributed by atoms with van der Waals surface area (Å²) in [7, 11) is 0. The molecule has 0 aliphatic carbocycles. The fourth-order valence-electron chi connectivity index (χ4n) is 2.05. The third kappa shape index (κ3) is 3.79. The van der Waals surface area contributed by atoms with Gasteiger partial charge in [0, 0.05) is 5.38 Å². The molecule has 0 saturated carbocycles. The molecule has 0 saturated heterocycles. The summed E-state index contributed by atoms with van der Waals surface area (Å²) >= 11 is 3.38. The maximum atomic E-state index is 6.28. The first kappa shape index (κ1) is 15.9. The van der Waals surface area contributed by atoms with Crippen LogP contribution in [0.25, 0.3) is 9.88 Å². The fourth-order valence-corrected chi connectivity index (χ4v) is 3.75. The van der Waals surface area contributed by atoms with E-state index in [0.717, 1.165) is 17.1 Å². The van der Waals surface area contributed by atoms with Crippen molar-refractivity contribution in [1.82, 2.24) is 4.98 Å². The molecule has 1 aromatic carbocycles. The molecule has 4 heteroatoms. The summed E-state index contributed by atoms with van der Waals surface area (Å²) in [6.45, 7) is 2.09. The van der Waals surface area contributed by atoms with Crippen molar-refractivity contribution in [3.63, 3.8) is 0 Å². The molecule has 0 aliphatic heterocycles. The molecule has 21 heavy (non-hydrogen) atoms. The first-order valence-corrected chi connectivity index (χ1v) is 8.29. The van der Waals surface area contributed by atoms with E-state index in [-0.39, 0.29) is 13.5 Å². The Morgan fingerprint density at radius 1 is 1.14 bits per heavy atom. The van der Waals surface area contributed by atoms with Crippen LogP contribution in [0.1, 0.15) is 30.3 Å². The quantitative estimate of drug-likeness (QED) is 0.731. The highest BCUT2D eigenvalue weighted by Gasteiger charge is 2.12. The van der Waals surface area contributed by atoms with Crippen LogP contribution in [0.15, 0.2) is 47.2 Å². The third-order valence-corrected chi connectivity index (χ3v) is 5.11. The normalized spacial score (nSPS) is 11.9. The largest absolute Gasteiger partial charge is 0.322 e. The molecule has 0 amide bonds. The van der Waals surface area contributed by atoms with Crippen molar-refractivity contribution in [2.45, 2.75) is 26.8 Å². The lowest BCUT2D eigenvalue weighted by Crippen LogP contribution is -2.13. The van der Waals surface area contributed by atoms with E-state index in [2.05, 4.69) is 53.0 Å². The van der Waals surface area contributed by atoms with Gasteiger partial charge in [-0.05, 0) is 30.4 Å². The van der Waals surface area contributed by atoms with E-state index in [1.54, 1.807) is 22.7 Å². The van der Waals surface area contributed by atoms with Gasteiger partial charge in [0.15, 0.2) is 0 Å². The van der Waals surface area contributed by atoms with Crippen molar-refractivity contribution in [2.24, 2.45) is 5.73 Å². The summed E-state index contributed by atoms with van der Waals surface area (Å²) in [5, 5.41) is 5.21. The van der Waals surface area contributed by atoms with Crippen molar-refractivity contribution in [2.75, 3.05) is 0 Å². The fraction of sp³-hybridized carbons (Fsp3) is 0.235. The molecule has 0 bridgehead atoms. The van der Waals surface area contributed by atoms with Gasteiger partial charge in [-0.15, -0.1) is 22.7 Å². The van der Waals surface area contributed by atoms with Gasteiger partial charge in [0.25, 0.3) is 0 Å². The Labute approximate surface area is 134 Å². The van der Waals surface area contributed by atoms with E-state index < -0.39 is 0 Å². The molecule has 2 aromatic heterocycles. The standard InChI is InChI=1S/C16H16N2S2.CH4/c1-11-4-6-12(7-5-11)9-13(17)14-10-20-16(18-14)15-3-2-8-19-15;/h2-8,10,13H,9,17H2,1H3;1H4/t13-;/m0./s1. The minimum atomic E-state index is -0.0392. The van der Waals surface area contributed by atoms with Gasteiger partial charge in [-0.1, -0.05) is 43.3 Å². The first-order chi connectivity index (χ1) is 9.72. The van der Waals surface area contributed by atoms with Gasteiger partial charge in [-0.3, -0.25) is 0 Å². The van der Waals surface area contributed by atoms with Crippen LogP contribution in [-0.2, 0) is 6.42 Å². The van der Waals surface area contributed by atoms with Gasteiger partial charge >= 0.3 is 0 Å². The van der Waals surface area contributed by atoms with Crippen molar-refractivity contribution >= 4 is 22.7 Å². The number of nitrogens with two attached hydrogens (primary N) is 1. The van der Waals surface area contributed by atoms with Crippen LogP contribution in [0.4, 0.5) is 0 Å². The molecule has 3 aromatic rings. The lowest BCUT2D eigenvalue weighted by molar-refractivity contribution is 0.702. The second-order valence-corrected chi connectivity index (χ2v) is 6.66. The number of thiazole rings is 1. The molecule has 1 atom stereocenters. The highest BCUT2D eigenvalue weighted by atomic mass is 32.1. The molecule has 2 N–H and O–H groups in total. The van der Waals surface area contributed by atoms with Crippen molar-refractivity contribution in [3.8, 4) is 9.88 Å². The predicted octanol–water partition coefficient (Wildman–Crippen LogP) is 5.06. The molecule has 0 radical (unpaired) electrons. The van der Waals surface area contributed by atoms with Crippen molar-refractivity contribution < 1.29 is 0 Å². The SMILES string of the molecule is C.Cc1ccc(C[C@H](N)c2csc(-c3cccs3)n2)cc1. The summed E-state index contributed by atoms with van der Waals surface area (Å²) in [6, 6.07) is 12.6. The van der Waals surface area contributed by atoms with E-state index >= 15 is 0 Å². The average molecular weight is 316 g/mol. The zero-order valence-corrected chi connectivity index (χ0v) is 12.9. The number of aryl methyl sites for hydroxylation is 1. The zero-order chi connectivity index (χ0) is 13.9. The van der Waals surface area contributed by atoms with E-state index in [1.807, 2.05) is 6.07 Å². The number of hydrogen-bond donors (Lipinski definition) is 1. The van der Waals surface area contributed by atoms with E-state index in [4.69, 9.17) is 5.73 Å². The molecule has 0 unspecified atom stereocenters. The Balaban J connectivity index is 0.00000161. The number of benzene rings is 1. The minimum Gasteiger partial charge on any atom is -0.322 e. The smallest absolute Gasteiger partial charge is 0.133 e. The van der Waals surface area contributed by atoms with Gasteiger partial charge in [-0.25, -0.2) is 4.98 Å². The average Bonchev–Trinajstić information content (AvgIpc) is 3.11. The zero-order valence-electron chi connectivity index (χ0n) is 11.2. The molecule has 0 aliphatic rings. The Hall–Kier alpha value is -1.49. The van der Waals surface area contributed by atoms with Crippen LogP contribution < -0.4 is 5.73 Å². The maximum absolute atomic E-state index is 6.28.